The summed E-state index contributed by atoms with van der Waals surface area (Å²) in [7, 11) is 1.67. The Morgan fingerprint density at radius 1 is 1.18 bits per heavy atom. The van der Waals surface area contributed by atoms with E-state index in [-0.39, 0.29) is 0 Å². The summed E-state index contributed by atoms with van der Waals surface area (Å²) in [4.78, 5) is 0. The first kappa shape index (κ1) is 12.0. The summed E-state index contributed by atoms with van der Waals surface area (Å²) in [6, 6.07) is 0. The predicted molar refractivity (Wildman–Crippen MR) is 55.7 cm³/mol. The van der Waals surface area contributed by atoms with Crippen molar-refractivity contribution in [2.24, 2.45) is 0 Å². The van der Waals surface area contributed by atoms with E-state index < -0.39 is 0 Å². The molecule has 0 aromatic heterocycles. The summed E-state index contributed by atoms with van der Waals surface area (Å²) in [5, 5.41) is 8.47. The highest BCUT2D eigenvalue weighted by molar-refractivity contribution is 8.75. The van der Waals surface area contributed by atoms with Gasteiger partial charge in [0.05, 0.1) is 11.1 Å². The van der Waals surface area contributed by atoms with Gasteiger partial charge in [0.1, 0.15) is 0 Å². The standard InChI is InChI=1S/C6H14O2S3/c7-5-3-1-2-4-6-10-11-8-9/h7,9H,1-6H2. The topological polar surface area (TPSA) is 29.5 Å². The maximum Gasteiger partial charge on any atom is 0.0773 e. The fourth-order valence-electron chi connectivity index (χ4n) is 0.682. The molecule has 0 radical (unpaired) electrons. The average molecular weight is 214 g/mol. The first-order valence-corrected chi connectivity index (χ1v) is 6.23. The molecule has 1 N–H and O–H groups in total. The van der Waals surface area contributed by atoms with Gasteiger partial charge in [-0.25, -0.2) is 3.63 Å². The molecular formula is C6H14O2S3. The van der Waals surface area contributed by atoms with Gasteiger partial charge < -0.3 is 5.11 Å². The van der Waals surface area contributed by atoms with Crippen molar-refractivity contribution in [3.05, 3.63) is 0 Å². The largest absolute Gasteiger partial charge is 0.396 e. The normalized spacial score (nSPS) is 10.4. The lowest BCUT2D eigenvalue weighted by Crippen LogP contribution is -1.84. The van der Waals surface area contributed by atoms with Gasteiger partial charge in [-0.05, 0) is 25.8 Å². The number of aliphatic hydroxyl groups excluding tert-OH is 1. The van der Waals surface area contributed by atoms with Crippen molar-refractivity contribution in [2.45, 2.75) is 25.7 Å². The number of hydrogen-bond acceptors (Lipinski definition) is 5. The highest BCUT2D eigenvalue weighted by atomic mass is 33.1. The van der Waals surface area contributed by atoms with E-state index in [4.69, 9.17) is 5.11 Å². The predicted octanol–water partition coefficient (Wildman–Crippen LogP) is 2.70. The second-order valence-electron chi connectivity index (χ2n) is 2.10. The van der Waals surface area contributed by atoms with Crippen molar-refractivity contribution in [1.82, 2.24) is 0 Å². The van der Waals surface area contributed by atoms with Crippen LogP contribution in [0.3, 0.4) is 0 Å². The van der Waals surface area contributed by atoms with Gasteiger partial charge in [0, 0.05) is 12.4 Å². The summed E-state index contributed by atoms with van der Waals surface area (Å²) >= 11 is 4.89. The Kier molecular flexibility index (Phi) is 11.9. The van der Waals surface area contributed by atoms with E-state index in [1.165, 1.54) is 23.9 Å². The third-order valence-corrected chi connectivity index (χ3v) is 3.35. The zero-order valence-corrected chi connectivity index (χ0v) is 8.89. The molecular weight excluding hydrogens is 200 g/mol. The van der Waals surface area contributed by atoms with Crippen LogP contribution in [0.1, 0.15) is 25.7 Å². The first-order chi connectivity index (χ1) is 5.41. The highest BCUT2D eigenvalue weighted by Gasteiger charge is 1.90. The SMILES string of the molecule is OCCCCCCSSOS. The molecule has 0 spiro atoms. The molecule has 5 heteroatoms. The lowest BCUT2D eigenvalue weighted by Gasteiger charge is -1.97. The smallest absolute Gasteiger partial charge is 0.0773 e. The van der Waals surface area contributed by atoms with Gasteiger partial charge in [0.2, 0.25) is 0 Å². The third kappa shape index (κ3) is 11.0. The summed E-state index contributed by atoms with van der Waals surface area (Å²) in [6.07, 6.45) is 4.44. The Morgan fingerprint density at radius 3 is 2.55 bits per heavy atom. The highest BCUT2D eigenvalue weighted by Crippen LogP contribution is 2.24. The molecule has 0 aliphatic heterocycles. The molecule has 0 aromatic carbocycles. The minimum atomic E-state index is 0.321. The zero-order valence-electron chi connectivity index (χ0n) is 6.36. The molecule has 0 bridgehead atoms. The summed E-state index contributed by atoms with van der Waals surface area (Å²) in [5.74, 6) is 1.09. The van der Waals surface area contributed by atoms with Crippen molar-refractivity contribution in [1.29, 1.82) is 0 Å². The molecule has 0 heterocycles. The number of rotatable bonds is 8. The number of hydrogen-bond donors (Lipinski definition) is 2. The molecule has 0 saturated carbocycles. The number of unbranched alkanes of at least 4 members (excludes halogenated alkanes) is 3. The van der Waals surface area contributed by atoms with E-state index in [9.17, 15) is 0 Å². The maximum atomic E-state index is 8.47. The van der Waals surface area contributed by atoms with Crippen molar-refractivity contribution in [3.63, 3.8) is 0 Å². The molecule has 0 rings (SSSR count). The van der Waals surface area contributed by atoms with Crippen LogP contribution in [0, 0.1) is 0 Å². The Bertz CT molecular complexity index is 64.8. The number of thiol groups is 1. The number of aliphatic hydroxyl groups is 1. The van der Waals surface area contributed by atoms with E-state index in [1.54, 1.807) is 10.8 Å². The Labute approximate surface area is 81.7 Å². The Morgan fingerprint density at radius 2 is 1.91 bits per heavy atom. The van der Waals surface area contributed by atoms with E-state index in [0.717, 1.165) is 18.6 Å². The monoisotopic (exact) mass is 214 g/mol. The van der Waals surface area contributed by atoms with Crippen LogP contribution in [0.4, 0.5) is 0 Å². The summed E-state index contributed by atoms with van der Waals surface area (Å²) < 4.78 is 4.50. The fourth-order valence-corrected chi connectivity index (χ4v) is 2.19. The third-order valence-electron chi connectivity index (χ3n) is 1.21. The Hall–Kier alpha value is 0.970. The minimum Gasteiger partial charge on any atom is -0.396 e. The summed E-state index contributed by atoms with van der Waals surface area (Å²) in [6.45, 7) is 0.321. The zero-order chi connectivity index (χ0) is 8.36. The van der Waals surface area contributed by atoms with Gasteiger partial charge in [-0.1, -0.05) is 23.6 Å². The maximum absolute atomic E-state index is 8.47. The van der Waals surface area contributed by atoms with Gasteiger partial charge in [0.15, 0.2) is 0 Å². The second kappa shape index (κ2) is 11.0. The van der Waals surface area contributed by atoms with Crippen molar-refractivity contribution >= 4 is 34.8 Å². The lowest BCUT2D eigenvalue weighted by atomic mass is 10.2. The second-order valence-corrected chi connectivity index (χ2v) is 4.59. The van der Waals surface area contributed by atoms with Crippen LogP contribution < -0.4 is 0 Å². The van der Waals surface area contributed by atoms with Crippen molar-refractivity contribution < 1.29 is 8.74 Å². The van der Waals surface area contributed by atoms with Gasteiger partial charge in [0.25, 0.3) is 0 Å². The van der Waals surface area contributed by atoms with Crippen LogP contribution >= 0.6 is 34.8 Å². The molecule has 0 aromatic rings. The van der Waals surface area contributed by atoms with Crippen LogP contribution in [0.2, 0.25) is 0 Å². The molecule has 0 fully saturated rings. The molecule has 0 atom stereocenters. The summed E-state index contributed by atoms with van der Waals surface area (Å²) in [5.41, 5.74) is 0. The molecule has 0 unspecified atom stereocenters. The lowest BCUT2D eigenvalue weighted by molar-refractivity contribution is 0.283. The molecule has 0 amide bonds. The van der Waals surface area contributed by atoms with E-state index in [2.05, 4.69) is 16.5 Å². The van der Waals surface area contributed by atoms with E-state index in [0.29, 0.717) is 6.61 Å². The van der Waals surface area contributed by atoms with E-state index >= 15 is 0 Å². The molecule has 68 valence electrons. The average Bonchev–Trinajstić information content (AvgIpc) is 2.03. The van der Waals surface area contributed by atoms with E-state index in [1.807, 2.05) is 0 Å². The minimum absolute atomic E-state index is 0.321. The fraction of sp³-hybridized carbons (Fsp3) is 1.00. The molecule has 11 heavy (non-hydrogen) atoms. The van der Waals surface area contributed by atoms with Crippen LogP contribution in [-0.2, 0) is 3.63 Å². The van der Waals surface area contributed by atoms with Gasteiger partial charge in [-0.3, -0.25) is 0 Å². The van der Waals surface area contributed by atoms with Crippen LogP contribution in [-0.4, -0.2) is 17.5 Å². The van der Waals surface area contributed by atoms with Crippen molar-refractivity contribution in [2.75, 3.05) is 12.4 Å². The van der Waals surface area contributed by atoms with Gasteiger partial charge in [-0.2, -0.15) is 0 Å². The van der Waals surface area contributed by atoms with Crippen molar-refractivity contribution in [3.8, 4) is 0 Å². The van der Waals surface area contributed by atoms with Gasteiger partial charge >= 0.3 is 0 Å². The molecule has 2 nitrogen and oxygen atoms in total. The molecule has 0 aliphatic carbocycles. The molecule has 0 saturated heterocycles. The quantitative estimate of drug-likeness (QED) is 0.281. The van der Waals surface area contributed by atoms with Crippen LogP contribution in [0.25, 0.3) is 0 Å². The van der Waals surface area contributed by atoms with Gasteiger partial charge in [-0.15, -0.1) is 0 Å². The Balaban J connectivity index is 2.69. The first-order valence-electron chi connectivity index (χ1n) is 3.62. The molecule has 0 aliphatic rings. The van der Waals surface area contributed by atoms with Crippen LogP contribution in [0.15, 0.2) is 0 Å². The van der Waals surface area contributed by atoms with Crippen LogP contribution in [0.5, 0.6) is 0 Å².